The number of hydrogen-bond acceptors (Lipinski definition) is 4. The number of esters is 1. The van der Waals surface area contributed by atoms with Crippen molar-refractivity contribution in [3.8, 4) is 0 Å². The first-order valence-electron chi connectivity index (χ1n) is 4.46. The van der Waals surface area contributed by atoms with E-state index in [1.54, 1.807) is 6.92 Å². The van der Waals surface area contributed by atoms with Gasteiger partial charge in [0.05, 0.1) is 5.92 Å². The maximum Gasteiger partial charge on any atom is 0.420 e. The van der Waals surface area contributed by atoms with Gasteiger partial charge >= 0.3 is 12.4 Å². The SMILES string of the molecule is CC(C(=O)OCO[C]=O)c1ccccc1. The molecular weight excluding hydrogens is 196 g/mol. The van der Waals surface area contributed by atoms with Crippen molar-refractivity contribution >= 4 is 12.4 Å². The van der Waals surface area contributed by atoms with Gasteiger partial charge in [-0.15, -0.1) is 0 Å². The minimum Gasteiger partial charge on any atom is -0.427 e. The molecule has 0 saturated carbocycles. The van der Waals surface area contributed by atoms with Gasteiger partial charge in [0.2, 0.25) is 6.79 Å². The summed E-state index contributed by atoms with van der Waals surface area (Å²) in [5.74, 6) is -0.807. The van der Waals surface area contributed by atoms with Crippen LogP contribution in [0.1, 0.15) is 18.4 Å². The molecular formula is C11H11O4. The molecule has 0 spiro atoms. The van der Waals surface area contributed by atoms with E-state index in [1.165, 1.54) is 6.47 Å². The summed E-state index contributed by atoms with van der Waals surface area (Å²) >= 11 is 0. The second-order valence-corrected chi connectivity index (χ2v) is 2.94. The summed E-state index contributed by atoms with van der Waals surface area (Å²) in [5.41, 5.74) is 0.859. The zero-order valence-electron chi connectivity index (χ0n) is 8.30. The largest absolute Gasteiger partial charge is 0.427 e. The Kier molecular flexibility index (Phi) is 4.34. The zero-order chi connectivity index (χ0) is 11.1. The van der Waals surface area contributed by atoms with E-state index in [-0.39, 0.29) is 12.7 Å². The maximum atomic E-state index is 11.4. The molecule has 1 aromatic carbocycles. The van der Waals surface area contributed by atoms with Gasteiger partial charge in [0.15, 0.2) is 0 Å². The monoisotopic (exact) mass is 207 g/mol. The lowest BCUT2D eigenvalue weighted by Crippen LogP contribution is -2.14. The van der Waals surface area contributed by atoms with Crippen LogP contribution < -0.4 is 0 Å². The predicted molar refractivity (Wildman–Crippen MR) is 52.6 cm³/mol. The minimum absolute atomic E-state index is 0.374. The zero-order valence-corrected chi connectivity index (χ0v) is 8.30. The van der Waals surface area contributed by atoms with Gasteiger partial charge in [-0.3, -0.25) is 4.79 Å². The molecule has 79 valence electrons. The Morgan fingerprint density at radius 1 is 1.40 bits per heavy atom. The Morgan fingerprint density at radius 3 is 2.67 bits per heavy atom. The van der Waals surface area contributed by atoms with Crippen molar-refractivity contribution in [1.82, 2.24) is 0 Å². The van der Waals surface area contributed by atoms with Gasteiger partial charge in [0, 0.05) is 0 Å². The molecule has 15 heavy (non-hydrogen) atoms. The van der Waals surface area contributed by atoms with Gasteiger partial charge in [0.1, 0.15) is 0 Å². The van der Waals surface area contributed by atoms with Crippen LogP contribution in [0.15, 0.2) is 30.3 Å². The molecule has 0 saturated heterocycles. The lowest BCUT2D eigenvalue weighted by atomic mass is 10.0. The number of benzene rings is 1. The molecule has 0 fully saturated rings. The molecule has 4 nitrogen and oxygen atoms in total. The Bertz CT molecular complexity index is 321. The molecule has 0 amide bonds. The van der Waals surface area contributed by atoms with Crippen LogP contribution in [0.2, 0.25) is 0 Å². The number of rotatable bonds is 5. The third kappa shape index (κ3) is 3.42. The Morgan fingerprint density at radius 2 is 2.07 bits per heavy atom. The molecule has 4 heteroatoms. The first-order chi connectivity index (χ1) is 7.25. The quantitative estimate of drug-likeness (QED) is 0.415. The predicted octanol–water partition coefficient (Wildman–Crippen LogP) is 1.37. The van der Waals surface area contributed by atoms with E-state index in [2.05, 4.69) is 9.47 Å². The number of ether oxygens (including phenoxy) is 2. The first-order valence-corrected chi connectivity index (χ1v) is 4.46. The average Bonchev–Trinajstić information content (AvgIpc) is 2.29. The average molecular weight is 207 g/mol. The van der Waals surface area contributed by atoms with Crippen LogP contribution >= 0.6 is 0 Å². The second kappa shape index (κ2) is 5.80. The van der Waals surface area contributed by atoms with Crippen molar-refractivity contribution in [2.24, 2.45) is 0 Å². The third-order valence-corrected chi connectivity index (χ3v) is 1.97. The Labute approximate surface area is 87.8 Å². The van der Waals surface area contributed by atoms with E-state index >= 15 is 0 Å². The molecule has 0 N–H and O–H groups in total. The Balaban J connectivity index is 2.50. The smallest absolute Gasteiger partial charge is 0.420 e. The highest BCUT2D eigenvalue weighted by molar-refractivity contribution is 5.77. The molecule has 0 heterocycles. The van der Waals surface area contributed by atoms with Crippen molar-refractivity contribution < 1.29 is 19.1 Å². The highest BCUT2D eigenvalue weighted by atomic mass is 16.7. The van der Waals surface area contributed by atoms with Gasteiger partial charge in [-0.2, -0.15) is 0 Å². The fourth-order valence-electron chi connectivity index (χ4n) is 1.11. The van der Waals surface area contributed by atoms with Crippen molar-refractivity contribution in [2.75, 3.05) is 6.79 Å². The summed E-state index contributed by atoms with van der Waals surface area (Å²) in [7, 11) is 0. The fraction of sp³-hybridized carbons (Fsp3) is 0.273. The van der Waals surface area contributed by atoms with E-state index in [4.69, 9.17) is 0 Å². The molecule has 0 aromatic heterocycles. The first kappa shape index (κ1) is 11.2. The molecule has 1 atom stereocenters. The van der Waals surface area contributed by atoms with Crippen molar-refractivity contribution in [2.45, 2.75) is 12.8 Å². The topological polar surface area (TPSA) is 52.6 Å². The van der Waals surface area contributed by atoms with Gasteiger partial charge < -0.3 is 9.47 Å². The molecule has 0 bridgehead atoms. The molecule has 1 rings (SSSR count). The van der Waals surface area contributed by atoms with Crippen molar-refractivity contribution in [1.29, 1.82) is 0 Å². The molecule has 1 radical (unpaired) electrons. The van der Waals surface area contributed by atoms with E-state index < -0.39 is 5.97 Å². The molecule has 0 aliphatic rings. The van der Waals surface area contributed by atoms with Gasteiger partial charge in [-0.05, 0) is 12.5 Å². The molecule has 1 aromatic rings. The minimum atomic E-state index is -0.434. The molecule has 1 unspecified atom stereocenters. The van der Waals surface area contributed by atoms with E-state index in [0.717, 1.165) is 5.56 Å². The van der Waals surface area contributed by atoms with Gasteiger partial charge in [-0.25, -0.2) is 4.79 Å². The standard InChI is InChI=1S/C11H11O4/c1-9(10-5-3-2-4-6-10)11(13)15-8-14-7-12/h2-6,9H,8H2,1H3. The Hall–Kier alpha value is -1.84. The van der Waals surface area contributed by atoms with Crippen LogP contribution in [-0.4, -0.2) is 19.2 Å². The van der Waals surface area contributed by atoms with Crippen LogP contribution in [0.4, 0.5) is 0 Å². The van der Waals surface area contributed by atoms with Gasteiger partial charge in [0.25, 0.3) is 0 Å². The van der Waals surface area contributed by atoms with E-state index in [1.807, 2.05) is 30.3 Å². The highest BCUT2D eigenvalue weighted by Gasteiger charge is 2.16. The summed E-state index contributed by atoms with van der Waals surface area (Å²) in [6, 6.07) is 9.22. The molecule has 0 aliphatic carbocycles. The highest BCUT2D eigenvalue weighted by Crippen LogP contribution is 2.15. The second-order valence-electron chi connectivity index (χ2n) is 2.94. The van der Waals surface area contributed by atoms with Crippen molar-refractivity contribution in [3.05, 3.63) is 35.9 Å². The summed E-state index contributed by atoms with van der Waals surface area (Å²) < 4.78 is 8.82. The maximum absolute atomic E-state index is 11.4. The van der Waals surface area contributed by atoms with Crippen LogP contribution in [0.3, 0.4) is 0 Å². The van der Waals surface area contributed by atoms with Crippen LogP contribution in [0, 0.1) is 0 Å². The number of carbonyl (C=O) groups is 1. The molecule has 0 aliphatic heterocycles. The fourth-order valence-corrected chi connectivity index (χ4v) is 1.11. The van der Waals surface area contributed by atoms with E-state index in [9.17, 15) is 9.59 Å². The number of hydrogen-bond donors (Lipinski definition) is 0. The third-order valence-electron chi connectivity index (χ3n) is 1.97. The summed E-state index contributed by atoms with van der Waals surface area (Å²) in [4.78, 5) is 21.1. The summed E-state index contributed by atoms with van der Waals surface area (Å²) in [6.45, 7) is 2.51. The summed E-state index contributed by atoms with van der Waals surface area (Å²) in [6.07, 6.45) is 0. The summed E-state index contributed by atoms with van der Waals surface area (Å²) in [5, 5.41) is 0. The lowest BCUT2D eigenvalue weighted by molar-refractivity contribution is -0.152. The van der Waals surface area contributed by atoms with Crippen LogP contribution in [-0.2, 0) is 19.1 Å². The van der Waals surface area contributed by atoms with Gasteiger partial charge in [-0.1, -0.05) is 30.3 Å². The van der Waals surface area contributed by atoms with Crippen LogP contribution in [0.5, 0.6) is 0 Å². The van der Waals surface area contributed by atoms with Crippen LogP contribution in [0.25, 0.3) is 0 Å². The number of carbonyl (C=O) groups excluding carboxylic acids is 2. The van der Waals surface area contributed by atoms with E-state index in [0.29, 0.717) is 0 Å². The van der Waals surface area contributed by atoms with Crippen molar-refractivity contribution in [3.63, 3.8) is 0 Å². The lowest BCUT2D eigenvalue weighted by Gasteiger charge is -2.10. The normalized spacial score (nSPS) is 11.5.